The Bertz CT molecular complexity index is 1200. The fraction of sp³-hybridized carbons (Fsp3) is 0.360. The number of nitro groups is 1. The molecular formula is C25H27N5O4. The maximum absolute atomic E-state index is 13.5. The van der Waals surface area contributed by atoms with Crippen molar-refractivity contribution in [2.24, 2.45) is 0 Å². The Balaban J connectivity index is 1.50. The first-order valence-corrected chi connectivity index (χ1v) is 11.5. The number of carbonyl (C=O) groups is 1. The van der Waals surface area contributed by atoms with Crippen molar-refractivity contribution in [3.05, 3.63) is 81.0 Å². The van der Waals surface area contributed by atoms with Gasteiger partial charge >= 0.3 is 0 Å². The highest BCUT2D eigenvalue weighted by atomic mass is 16.6. The van der Waals surface area contributed by atoms with Crippen LogP contribution in [0, 0.1) is 17.0 Å². The number of benzene rings is 2. The van der Waals surface area contributed by atoms with Gasteiger partial charge in [-0.25, -0.2) is 0 Å². The van der Waals surface area contributed by atoms with E-state index in [1.165, 1.54) is 6.07 Å². The largest absolute Gasteiger partial charge is 0.379 e. The standard InChI is InChI=1S/C25H27N5O4/c1-17-6-8-18(9-7-17)22-21-23(27-26-22)25(31)29(11-3-10-28-12-14-34-15-13-28)24(21)19-4-2-5-20(16-19)30(32)33/h2,4-9,16,24H,3,10-15H2,1H3,(H,26,27). The minimum atomic E-state index is -0.442. The normalized spacial score (nSPS) is 18.3. The number of nitrogens with zero attached hydrogens (tertiary/aromatic N) is 4. The smallest absolute Gasteiger partial charge is 0.273 e. The van der Waals surface area contributed by atoms with Crippen molar-refractivity contribution in [1.82, 2.24) is 20.0 Å². The first kappa shape index (κ1) is 22.2. The van der Waals surface area contributed by atoms with Crippen LogP contribution in [-0.2, 0) is 4.74 Å². The maximum atomic E-state index is 13.5. The van der Waals surface area contributed by atoms with Crippen LogP contribution in [0.4, 0.5) is 5.69 Å². The number of amides is 1. The van der Waals surface area contributed by atoms with Crippen molar-refractivity contribution >= 4 is 11.6 Å². The van der Waals surface area contributed by atoms with Crippen molar-refractivity contribution in [2.45, 2.75) is 19.4 Å². The van der Waals surface area contributed by atoms with E-state index in [-0.39, 0.29) is 11.6 Å². The van der Waals surface area contributed by atoms with Crippen molar-refractivity contribution in [1.29, 1.82) is 0 Å². The van der Waals surface area contributed by atoms with Gasteiger partial charge in [-0.15, -0.1) is 0 Å². The maximum Gasteiger partial charge on any atom is 0.273 e. The molecule has 2 aromatic carbocycles. The number of non-ortho nitro benzene ring substituents is 1. The molecule has 0 radical (unpaired) electrons. The Morgan fingerprint density at radius 3 is 2.65 bits per heavy atom. The number of aromatic nitrogens is 2. The number of aryl methyl sites for hydroxylation is 1. The van der Waals surface area contributed by atoms with E-state index < -0.39 is 11.0 Å². The molecule has 0 bridgehead atoms. The van der Waals surface area contributed by atoms with Gasteiger partial charge in [0.1, 0.15) is 5.69 Å². The molecule has 1 aromatic heterocycles. The van der Waals surface area contributed by atoms with Gasteiger partial charge in [-0.2, -0.15) is 5.10 Å². The first-order chi connectivity index (χ1) is 16.5. The lowest BCUT2D eigenvalue weighted by molar-refractivity contribution is -0.384. The van der Waals surface area contributed by atoms with Crippen LogP contribution in [0.25, 0.3) is 11.3 Å². The summed E-state index contributed by atoms with van der Waals surface area (Å²) in [5.41, 5.74) is 4.69. The average molecular weight is 462 g/mol. The second-order valence-corrected chi connectivity index (χ2v) is 8.79. The molecule has 3 aromatic rings. The summed E-state index contributed by atoms with van der Waals surface area (Å²) in [5.74, 6) is -0.126. The lowest BCUT2D eigenvalue weighted by Gasteiger charge is -2.29. The van der Waals surface area contributed by atoms with Gasteiger partial charge in [0.25, 0.3) is 11.6 Å². The number of carbonyl (C=O) groups excluding carboxylic acids is 1. The van der Waals surface area contributed by atoms with Gasteiger partial charge in [0.2, 0.25) is 0 Å². The number of morpholine rings is 1. The minimum Gasteiger partial charge on any atom is -0.379 e. The van der Waals surface area contributed by atoms with Crippen LogP contribution in [0.5, 0.6) is 0 Å². The predicted molar refractivity (Wildman–Crippen MR) is 127 cm³/mol. The van der Waals surface area contributed by atoms with Crippen LogP contribution in [-0.4, -0.2) is 70.2 Å². The quantitative estimate of drug-likeness (QED) is 0.426. The highest BCUT2D eigenvalue weighted by molar-refractivity contribution is 6.00. The molecular weight excluding hydrogens is 434 g/mol. The fourth-order valence-electron chi connectivity index (χ4n) is 4.80. The molecule has 1 N–H and O–H groups in total. The monoisotopic (exact) mass is 461 g/mol. The van der Waals surface area contributed by atoms with E-state index in [4.69, 9.17) is 4.74 Å². The van der Waals surface area contributed by atoms with Crippen molar-refractivity contribution in [3.8, 4) is 11.3 Å². The molecule has 1 saturated heterocycles. The van der Waals surface area contributed by atoms with Crippen molar-refractivity contribution in [3.63, 3.8) is 0 Å². The number of nitrogens with one attached hydrogen (secondary N) is 1. The van der Waals surface area contributed by atoms with E-state index in [9.17, 15) is 14.9 Å². The zero-order chi connectivity index (χ0) is 23.7. The van der Waals surface area contributed by atoms with Gasteiger partial charge < -0.3 is 9.64 Å². The van der Waals surface area contributed by atoms with Gasteiger partial charge in [-0.1, -0.05) is 42.0 Å². The van der Waals surface area contributed by atoms with E-state index in [2.05, 4.69) is 15.1 Å². The van der Waals surface area contributed by atoms with Gasteiger partial charge in [0.15, 0.2) is 0 Å². The second-order valence-electron chi connectivity index (χ2n) is 8.79. The molecule has 9 heteroatoms. The van der Waals surface area contributed by atoms with Gasteiger partial charge in [0.05, 0.1) is 29.9 Å². The van der Waals surface area contributed by atoms with Crippen LogP contribution in [0.2, 0.25) is 0 Å². The van der Waals surface area contributed by atoms with E-state index in [0.717, 1.165) is 56.0 Å². The lowest BCUT2D eigenvalue weighted by atomic mass is 9.95. The molecule has 1 unspecified atom stereocenters. The molecule has 1 fully saturated rings. The molecule has 1 amide bonds. The summed E-state index contributed by atoms with van der Waals surface area (Å²) >= 11 is 0. The van der Waals surface area contributed by atoms with Crippen molar-refractivity contribution < 1.29 is 14.5 Å². The third-order valence-electron chi connectivity index (χ3n) is 6.56. The van der Waals surface area contributed by atoms with E-state index in [1.54, 1.807) is 12.1 Å². The summed E-state index contributed by atoms with van der Waals surface area (Å²) in [5, 5.41) is 18.9. The second kappa shape index (κ2) is 9.36. The molecule has 0 spiro atoms. The molecule has 0 aliphatic carbocycles. The predicted octanol–water partition coefficient (Wildman–Crippen LogP) is 3.56. The summed E-state index contributed by atoms with van der Waals surface area (Å²) in [4.78, 5) is 28.7. The Morgan fingerprint density at radius 2 is 1.91 bits per heavy atom. The summed E-state index contributed by atoms with van der Waals surface area (Å²) in [6.45, 7) is 6.67. The number of ether oxygens (including phenoxy) is 1. The summed E-state index contributed by atoms with van der Waals surface area (Å²) < 4.78 is 5.42. The zero-order valence-corrected chi connectivity index (χ0v) is 19.1. The first-order valence-electron chi connectivity index (χ1n) is 11.5. The molecule has 5 rings (SSSR count). The Hall–Kier alpha value is -3.56. The van der Waals surface area contributed by atoms with Crippen molar-refractivity contribution in [2.75, 3.05) is 39.4 Å². The molecule has 1 atom stereocenters. The summed E-state index contributed by atoms with van der Waals surface area (Å²) in [6.07, 6.45) is 0.800. The molecule has 176 valence electrons. The SMILES string of the molecule is Cc1ccc(-c2n[nH]c3c2C(c2cccc([N+](=O)[O-])c2)N(CCCN2CCOCC2)C3=O)cc1. The fourth-order valence-corrected chi connectivity index (χ4v) is 4.80. The molecule has 3 heterocycles. The van der Waals surface area contributed by atoms with Gasteiger partial charge in [-0.05, 0) is 18.9 Å². The molecule has 9 nitrogen and oxygen atoms in total. The van der Waals surface area contributed by atoms with Crippen LogP contribution in [0.3, 0.4) is 0 Å². The van der Waals surface area contributed by atoms with Gasteiger partial charge in [0, 0.05) is 49.4 Å². The number of aromatic amines is 1. The van der Waals surface area contributed by atoms with E-state index in [0.29, 0.717) is 23.5 Å². The number of fused-ring (bicyclic) bond motifs is 1. The number of nitro benzene ring substituents is 1. The number of H-pyrrole nitrogens is 1. The molecule has 2 aliphatic rings. The molecule has 34 heavy (non-hydrogen) atoms. The average Bonchev–Trinajstić information content (AvgIpc) is 3.39. The number of hydrogen-bond acceptors (Lipinski definition) is 6. The lowest BCUT2D eigenvalue weighted by Crippen LogP contribution is -2.38. The van der Waals surface area contributed by atoms with E-state index >= 15 is 0 Å². The summed E-state index contributed by atoms with van der Waals surface area (Å²) in [7, 11) is 0. The molecule has 0 saturated carbocycles. The third kappa shape index (κ3) is 4.20. The van der Waals surface area contributed by atoms with Crippen LogP contribution in [0.15, 0.2) is 48.5 Å². The van der Waals surface area contributed by atoms with Crippen LogP contribution < -0.4 is 0 Å². The molecule has 2 aliphatic heterocycles. The topological polar surface area (TPSA) is 105 Å². The van der Waals surface area contributed by atoms with Gasteiger partial charge in [-0.3, -0.25) is 24.9 Å². The third-order valence-corrected chi connectivity index (χ3v) is 6.56. The Labute approximate surface area is 197 Å². The number of hydrogen-bond donors (Lipinski definition) is 1. The number of rotatable bonds is 7. The summed E-state index contributed by atoms with van der Waals surface area (Å²) in [6, 6.07) is 14.1. The highest BCUT2D eigenvalue weighted by Gasteiger charge is 2.42. The van der Waals surface area contributed by atoms with Crippen LogP contribution in [0.1, 0.15) is 39.6 Å². The Morgan fingerprint density at radius 1 is 1.15 bits per heavy atom. The minimum absolute atomic E-state index is 0.00652. The van der Waals surface area contributed by atoms with Crippen LogP contribution >= 0.6 is 0 Å². The Kier molecular flexibility index (Phi) is 6.12. The van der Waals surface area contributed by atoms with E-state index in [1.807, 2.05) is 42.2 Å². The zero-order valence-electron chi connectivity index (χ0n) is 19.1. The highest BCUT2D eigenvalue weighted by Crippen LogP contribution is 2.43.